The van der Waals surface area contributed by atoms with Crippen LogP contribution in [0.25, 0.3) is 0 Å². The molecule has 1 aliphatic heterocycles. The van der Waals surface area contributed by atoms with Crippen molar-refractivity contribution in [3.05, 3.63) is 41.7 Å². The van der Waals surface area contributed by atoms with Crippen molar-refractivity contribution in [1.29, 1.82) is 0 Å². The first-order valence-electron chi connectivity index (χ1n) is 8.10. The SMILES string of the molecule is CC=CCN1CCCC(CNC(=O)c2cccc(OC)c2F)C1. The van der Waals surface area contributed by atoms with Gasteiger partial charge in [-0.3, -0.25) is 9.69 Å². The Morgan fingerprint density at radius 3 is 3.09 bits per heavy atom. The summed E-state index contributed by atoms with van der Waals surface area (Å²) in [5.74, 6) is -0.489. The largest absolute Gasteiger partial charge is 0.494 e. The number of rotatable bonds is 6. The van der Waals surface area contributed by atoms with Crippen molar-refractivity contribution in [1.82, 2.24) is 10.2 Å². The van der Waals surface area contributed by atoms with E-state index >= 15 is 0 Å². The van der Waals surface area contributed by atoms with E-state index in [1.54, 1.807) is 6.07 Å². The zero-order valence-electron chi connectivity index (χ0n) is 13.8. The molecule has 1 atom stereocenters. The van der Waals surface area contributed by atoms with Crippen molar-refractivity contribution in [2.75, 3.05) is 33.3 Å². The molecule has 5 heteroatoms. The van der Waals surface area contributed by atoms with E-state index in [-0.39, 0.29) is 17.2 Å². The molecule has 2 rings (SSSR count). The summed E-state index contributed by atoms with van der Waals surface area (Å²) < 4.78 is 19.0. The highest BCUT2D eigenvalue weighted by atomic mass is 19.1. The number of amides is 1. The minimum atomic E-state index is -0.606. The number of hydrogen-bond acceptors (Lipinski definition) is 3. The van der Waals surface area contributed by atoms with Gasteiger partial charge in [0.1, 0.15) is 0 Å². The van der Waals surface area contributed by atoms with Gasteiger partial charge in [0, 0.05) is 19.6 Å². The molecule has 1 heterocycles. The molecule has 1 aromatic rings. The van der Waals surface area contributed by atoms with Crippen LogP contribution < -0.4 is 10.1 Å². The molecule has 0 bridgehead atoms. The van der Waals surface area contributed by atoms with Crippen molar-refractivity contribution in [2.24, 2.45) is 5.92 Å². The number of nitrogens with zero attached hydrogens (tertiary/aromatic N) is 1. The first-order chi connectivity index (χ1) is 11.2. The van der Waals surface area contributed by atoms with Crippen molar-refractivity contribution >= 4 is 5.91 Å². The Kier molecular flexibility index (Phi) is 6.59. The molecule has 0 saturated carbocycles. The summed E-state index contributed by atoms with van der Waals surface area (Å²) in [4.78, 5) is 14.6. The molecular weight excluding hydrogens is 295 g/mol. The van der Waals surface area contributed by atoms with E-state index in [1.165, 1.54) is 19.2 Å². The van der Waals surface area contributed by atoms with Gasteiger partial charge in [0.15, 0.2) is 11.6 Å². The van der Waals surface area contributed by atoms with E-state index in [4.69, 9.17) is 4.74 Å². The predicted molar refractivity (Wildman–Crippen MR) is 89.3 cm³/mol. The number of ether oxygens (including phenoxy) is 1. The Bertz CT molecular complexity index is 560. The van der Waals surface area contributed by atoms with Gasteiger partial charge in [0.2, 0.25) is 0 Å². The lowest BCUT2D eigenvalue weighted by molar-refractivity contribution is 0.0930. The lowest BCUT2D eigenvalue weighted by Gasteiger charge is -2.32. The Labute approximate surface area is 137 Å². The zero-order valence-corrected chi connectivity index (χ0v) is 13.8. The fraction of sp³-hybridized carbons (Fsp3) is 0.500. The first-order valence-corrected chi connectivity index (χ1v) is 8.10. The molecule has 0 aromatic heterocycles. The second kappa shape index (κ2) is 8.67. The van der Waals surface area contributed by atoms with E-state index in [2.05, 4.69) is 22.4 Å². The molecule has 1 fully saturated rings. The van der Waals surface area contributed by atoms with E-state index in [0.717, 1.165) is 32.5 Å². The molecule has 126 valence electrons. The maximum atomic E-state index is 14.1. The monoisotopic (exact) mass is 320 g/mol. The zero-order chi connectivity index (χ0) is 16.7. The normalized spacial score (nSPS) is 19.0. The molecule has 23 heavy (non-hydrogen) atoms. The Morgan fingerprint density at radius 2 is 2.35 bits per heavy atom. The van der Waals surface area contributed by atoms with Gasteiger partial charge in [-0.1, -0.05) is 18.2 Å². The molecule has 0 aliphatic carbocycles. The van der Waals surface area contributed by atoms with Gasteiger partial charge in [-0.25, -0.2) is 4.39 Å². The molecule has 1 N–H and O–H groups in total. The Hall–Kier alpha value is -1.88. The van der Waals surface area contributed by atoms with Crippen molar-refractivity contribution < 1.29 is 13.9 Å². The quantitative estimate of drug-likeness (QED) is 0.820. The number of carbonyl (C=O) groups excluding carboxylic acids is 1. The fourth-order valence-corrected chi connectivity index (χ4v) is 2.91. The maximum absolute atomic E-state index is 14.1. The average Bonchev–Trinajstić information content (AvgIpc) is 2.58. The minimum Gasteiger partial charge on any atom is -0.494 e. The molecule has 1 amide bonds. The van der Waals surface area contributed by atoms with E-state index < -0.39 is 5.82 Å². The number of nitrogens with one attached hydrogen (secondary N) is 1. The number of likely N-dealkylation sites (tertiary alicyclic amines) is 1. The van der Waals surface area contributed by atoms with Gasteiger partial charge in [0.25, 0.3) is 5.91 Å². The first kappa shape index (κ1) is 17.5. The van der Waals surface area contributed by atoms with Crippen LogP contribution >= 0.6 is 0 Å². The standard InChI is InChI=1S/C18H25FN2O2/c1-3-4-10-21-11-6-7-14(13-21)12-20-18(22)15-8-5-9-16(23-2)17(15)19/h3-5,8-9,14H,6-7,10-13H2,1-2H3,(H,20,22). The number of hydrogen-bond donors (Lipinski definition) is 1. The van der Waals surface area contributed by atoms with Crippen LogP contribution in [0.5, 0.6) is 5.75 Å². The third kappa shape index (κ3) is 4.79. The average molecular weight is 320 g/mol. The fourth-order valence-electron chi connectivity index (χ4n) is 2.91. The summed E-state index contributed by atoms with van der Waals surface area (Å²) in [5.41, 5.74) is 0.0333. The number of benzene rings is 1. The third-order valence-electron chi connectivity index (χ3n) is 4.18. The lowest BCUT2D eigenvalue weighted by atomic mass is 9.98. The number of allylic oxidation sites excluding steroid dienone is 1. The van der Waals surface area contributed by atoms with Crippen LogP contribution in [0.3, 0.4) is 0 Å². The molecule has 0 radical (unpaired) electrons. The third-order valence-corrected chi connectivity index (χ3v) is 4.18. The van der Waals surface area contributed by atoms with Gasteiger partial charge >= 0.3 is 0 Å². The Balaban J connectivity index is 1.89. The maximum Gasteiger partial charge on any atom is 0.254 e. The number of carbonyl (C=O) groups is 1. The van der Waals surface area contributed by atoms with E-state index in [9.17, 15) is 9.18 Å². The lowest BCUT2D eigenvalue weighted by Crippen LogP contribution is -2.41. The molecule has 0 spiro atoms. The number of methoxy groups -OCH3 is 1. The van der Waals surface area contributed by atoms with Gasteiger partial charge in [-0.2, -0.15) is 0 Å². The number of piperidine rings is 1. The van der Waals surface area contributed by atoms with E-state index in [0.29, 0.717) is 12.5 Å². The minimum absolute atomic E-state index is 0.0333. The molecular formula is C18H25FN2O2. The van der Waals surface area contributed by atoms with Crippen molar-refractivity contribution in [3.63, 3.8) is 0 Å². The summed E-state index contributed by atoms with van der Waals surface area (Å²) in [6, 6.07) is 4.61. The van der Waals surface area contributed by atoms with Crippen molar-refractivity contribution in [3.8, 4) is 5.75 Å². The van der Waals surface area contributed by atoms with Crippen LogP contribution in [0.15, 0.2) is 30.4 Å². The smallest absolute Gasteiger partial charge is 0.254 e. The van der Waals surface area contributed by atoms with Crippen molar-refractivity contribution in [2.45, 2.75) is 19.8 Å². The summed E-state index contributed by atoms with van der Waals surface area (Å²) in [6.07, 6.45) is 6.42. The highest BCUT2D eigenvalue weighted by molar-refractivity contribution is 5.94. The van der Waals surface area contributed by atoms with Crippen LogP contribution in [0.2, 0.25) is 0 Å². The molecule has 1 aliphatic rings. The van der Waals surface area contributed by atoms with Crippen LogP contribution in [-0.4, -0.2) is 44.1 Å². The highest BCUT2D eigenvalue weighted by Crippen LogP contribution is 2.20. The van der Waals surface area contributed by atoms with Crippen LogP contribution in [-0.2, 0) is 0 Å². The molecule has 1 saturated heterocycles. The van der Waals surface area contributed by atoms with Crippen LogP contribution in [0, 0.1) is 11.7 Å². The molecule has 4 nitrogen and oxygen atoms in total. The molecule has 1 unspecified atom stereocenters. The summed E-state index contributed by atoms with van der Waals surface area (Å²) in [6.45, 7) is 5.60. The Morgan fingerprint density at radius 1 is 1.52 bits per heavy atom. The van der Waals surface area contributed by atoms with E-state index in [1.807, 2.05) is 6.92 Å². The summed E-state index contributed by atoms with van der Waals surface area (Å²) in [5, 5.41) is 2.86. The summed E-state index contributed by atoms with van der Waals surface area (Å²) in [7, 11) is 1.39. The highest BCUT2D eigenvalue weighted by Gasteiger charge is 2.21. The summed E-state index contributed by atoms with van der Waals surface area (Å²) >= 11 is 0. The van der Waals surface area contributed by atoms with Gasteiger partial charge in [-0.15, -0.1) is 0 Å². The van der Waals surface area contributed by atoms with Gasteiger partial charge in [-0.05, 0) is 44.4 Å². The second-order valence-corrected chi connectivity index (χ2v) is 5.87. The number of halogens is 1. The van der Waals surface area contributed by atoms with Gasteiger partial charge in [0.05, 0.1) is 12.7 Å². The topological polar surface area (TPSA) is 41.6 Å². The van der Waals surface area contributed by atoms with Crippen LogP contribution in [0.1, 0.15) is 30.1 Å². The predicted octanol–water partition coefficient (Wildman–Crippen LogP) is 2.85. The van der Waals surface area contributed by atoms with Crippen LogP contribution in [0.4, 0.5) is 4.39 Å². The molecule has 1 aromatic carbocycles. The second-order valence-electron chi connectivity index (χ2n) is 5.87. The van der Waals surface area contributed by atoms with Gasteiger partial charge < -0.3 is 10.1 Å².